The van der Waals surface area contributed by atoms with Gasteiger partial charge in [0.25, 0.3) is 0 Å². The lowest BCUT2D eigenvalue weighted by atomic mass is 9.94. The molecule has 3 N–H and O–H groups in total. The van der Waals surface area contributed by atoms with E-state index < -0.39 is 0 Å². The highest BCUT2D eigenvalue weighted by Crippen LogP contribution is 2.21. The maximum Gasteiger partial charge on any atom is 0.249 e. The van der Waals surface area contributed by atoms with Crippen molar-refractivity contribution in [3.8, 4) is 0 Å². The highest BCUT2D eigenvalue weighted by Gasteiger charge is 2.29. The molecule has 1 heterocycles. The number of carbonyl (C=O) groups is 1. The monoisotopic (exact) mass is 369 g/mol. The molecule has 1 saturated carbocycles. The number of rotatable bonds is 7. The summed E-state index contributed by atoms with van der Waals surface area (Å²) in [5.41, 5.74) is 5.56. The van der Waals surface area contributed by atoms with Gasteiger partial charge in [-0.25, -0.2) is 0 Å². The van der Waals surface area contributed by atoms with E-state index in [1.807, 2.05) is 0 Å². The second kappa shape index (κ2) is 12.3. The highest BCUT2D eigenvalue weighted by molar-refractivity contribution is 5.85. The molecule has 2 aliphatic rings. The summed E-state index contributed by atoms with van der Waals surface area (Å²) in [6, 6.07) is 0.748. The molecule has 2 fully saturated rings. The fraction of sp³-hybridized carbons (Fsp3) is 0.938. The Kier molecular flexibility index (Phi) is 12.3. The molecule has 138 valence electrons. The van der Waals surface area contributed by atoms with Crippen molar-refractivity contribution in [3.05, 3.63) is 0 Å². The van der Waals surface area contributed by atoms with Gasteiger partial charge in [0, 0.05) is 19.1 Å². The summed E-state index contributed by atoms with van der Waals surface area (Å²) in [7, 11) is 2.21. The van der Waals surface area contributed by atoms with Crippen LogP contribution in [0.5, 0.6) is 0 Å². The Morgan fingerprint density at radius 2 is 1.87 bits per heavy atom. The molecule has 1 aliphatic heterocycles. The van der Waals surface area contributed by atoms with Crippen LogP contribution in [0, 0.1) is 0 Å². The average Bonchev–Trinajstić information content (AvgIpc) is 3.01. The molecule has 0 unspecified atom stereocenters. The van der Waals surface area contributed by atoms with Gasteiger partial charge in [-0.3, -0.25) is 4.79 Å². The summed E-state index contributed by atoms with van der Waals surface area (Å²) in [6.45, 7) is 2.31. The number of hydrogen-bond acceptors (Lipinski definition) is 4. The molecule has 7 heteroatoms. The summed E-state index contributed by atoms with van der Waals surface area (Å²) in [5.74, 6) is 0.0336. The highest BCUT2D eigenvalue weighted by atomic mass is 35.5. The fourth-order valence-corrected chi connectivity index (χ4v) is 3.43. The quantitative estimate of drug-likeness (QED) is 0.674. The Balaban J connectivity index is 0.00000242. The first-order valence-corrected chi connectivity index (χ1v) is 8.54. The van der Waals surface area contributed by atoms with Gasteiger partial charge in [0.15, 0.2) is 0 Å². The topological polar surface area (TPSA) is 67.6 Å². The van der Waals surface area contributed by atoms with Crippen molar-refractivity contribution in [1.29, 1.82) is 0 Å². The molecule has 1 aliphatic carbocycles. The summed E-state index contributed by atoms with van der Waals surface area (Å²) in [6.07, 6.45) is 9.29. The predicted molar refractivity (Wildman–Crippen MR) is 98.6 cm³/mol. The van der Waals surface area contributed by atoms with E-state index in [2.05, 4.69) is 17.3 Å². The van der Waals surface area contributed by atoms with Crippen LogP contribution >= 0.6 is 24.8 Å². The number of hydrogen-bond donors (Lipinski definition) is 2. The van der Waals surface area contributed by atoms with E-state index in [9.17, 15) is 4.79 Å². The summed E-state index contributed by atoms with van der Waals surface area (Å²) in [4.78, 5) is 14.4. The first-order chi connectivity index (χ1) is 10.2. The van der Waals surface area contributed by atoms with Crippen LogP contribution < -0.4 is 11.1 Å². The maximum atomic E-state index is 12.0. The number of halogens is 2. The lowest BCUT2D eigenvalue weighted by molar-refractivity contribution is -0.131. The maximum absolute atomic E-state index is 12.0. The average molecular weight is 370 g/mol. The minimum absolute atomic E-state index is 0. The molecule has 0 spiro atoms. The van der Waals surface area contributed by atoms with Gasteiger partial charge in [-0.1, -0.05) is 19.3 Å². The van der Waals surface area contributed by atoms with Crippen LogP contribution in [0.15, 0.2) is 0 Å². The third-order valence-electron chi connectivity index (χ3n) is 4.85. The molecular formula is C16H33Cl2N3O2. The normalized spacial score (nSPS) is 24.8. The zero-order valence-corrected chi connectivity index (χ0v) is 15.8. The minimum atomic E-state index is -0.283. The third-order valence-corrected chi connectivity index (χ3v) is 4.85. The molecule has 0 bridgehead atoms. The Bertz CT molecular complexity index is 328. The second-order valence-corrected chi connectivity index (χ2v) is 6.48. The van der Waals surface area contributed by atoms with Crippen LogP contribution in [0.1, 0.15) is 51.4 Å². The Labute approximate surface area is 152 Å². The zero-order valence-electron chi connectivity index (χ0n) is 14.2. The molecular weight excluding hydrogens is 337 g/mol. The minimum Gasteiger partial charge on any atom is -0.364 e. The van der Waals surface area contributed by atoms with E-state index in [1.54, 1.807) is 0 Å². The van der Waals surface area contributed by atoms with E-state index >= 15 is 0 Å². The molecule has 2 atom stereocenters. The number of nitrogens with zero attached hydrogens (tertiary/aromatic N) is 1. The van der Waals surface area contributed by atoms with Crippen molar-refractivity contribution < 1.29 is 9.53 Å². The van der Waals surface area contributed by atoms with E-state index in [4.69, 9.17) is 10.5 Å². The largest absolute Gasteiger partial charge is 0.364 e. The molecule has 0 aromatic heterocycles. The lowest BCUT2D eigenvalue weighted by Gasteiger charge is -2.31. The Morgan fingerprint density at radius 3 is 2.48 bits per heavy atom. The molecule has 23 heavy (non-hydrogen) atoms. The van der Waals surface area contributed by atoms with Gasteiger partial charge in [0.2, 0.25) is 5.91 Å². The first kappa shape index (κ1) is 22.9. The van der Waals surface area contributed by atoms with Crippen molar-refractivity contribution in [1.82, 2.24) is 10.2 Å². The SMILES string of the molecule is CN(CCCNC(=O)[C@@H]1CC[C@H](CN)O1)C1CCCCC1.Cl.Cl. The Morgan fingerprint density at radius 1 is 1.17 bits per heavy atom. The van der Waals surface area contributed by atoms with Crippen molar-refractivity contribution in [3.63, 3.8) is 0 Å². The number of amides is 1. The first-order valence-electron chi connectivity index (χ1n) is 8.54. The number of carbonyl (C=O) groups excluding carboxylic acids is 1. The number of nitrogens with one attached hydrogen (secondary N) is 1. The lowest BCUT2D eigenvalue weighted by Crippen LogP contribution is -2.38. The van der Waals surface area contributed by atoms with Gasteiger partial charge in [-0.05, 0) is 45.7 Å². The van der Waals surface area contributed by atoms with Crippen LogP contribution in [0.3, 0.4) is 0 Å². The van der Waals surface area contributed by atoms with Crippen LogP contribution in [-0.4, -0.2) is 55.7 Å². The number of nitrogens with two attached hydrogens (primary N) is 1. The van der Waals surface area contributed by atoms with Gasteiger partial charge < -0.3 is 20.7 Å². The standard InChI is InChI=1S/C16H31N3O2.2ClH/c1-19(13-6-3-2-4-7-13)11-5-10-18-16(20)15-9-8-14(12-17)21-15;;/h13-15H,2-12,17H2,1H3,(H,18,20);2*1H/t14-,15+;;/m1../s1. The zero-order chi connectivity index (χ0) is 15.1. The van der Waals surface area contributed by atoms with Crippen molar-refractivity contribution in [2.45, 2.75) is 69.6 Å². The van der Waals surface area contributed by atoms with Crippen LogP contribution in [0.4, 0.5) is 0 Å². The van der Waals surface area contributed by atoms with E-state index in [0.29, 0.717) is 6.54 Å². The molecule has 0 radical (unpaired) electrons. The van der Waals surface area contributed by atoms with Crippen LogP contribution in [0.2, 0.25) is 0 Å². The van der Waals surface area contributed by atoms with Gasteiger partial charge >= 0.3 is 0 Å². The predicted octanol–water partition coefficient (Wildman–Crippen LogP) is 2.11. The molecule has 0 aromatic rings. The van der Waals surface area contributed by atoms with E-state index in [0.717, 1.165) is 38.4 Å². The smallest absolute Gasteiger partial charge is 0.249 e. The molecule has 1 saturated heterocycles. The molecule has 2 rings (SSSR count). The van der Waals surface area contributed by atoms with Crippen LogP contribution in [-0.2, 0) is 9.53 Å². The summed E-state index contributed by atoms with van der Waals surface area (Å²) in [5, 5.41) is 3.00. The van der Waals surface area contributed by atoms with Crippen molar-refractivity contribution >= 4 is 30.7 Å². The summed E-state index contributed by atoms with van der Waals surface area (Å²) >= 11 is 0. The number of ether oxygens (including phenoxy) is 1. The molecule has 5 nitrogen and oxygen atoms in total. The Hall–Kier alpha value is -0.0700. The van der Waals surface area contributed by atoms with Crippen LogP contribution in [0.25, 0.3) is 0 Å². The van der Waals surface area contributed by atoms with Gasteiger partial charge in [0.1, 0.15) is 6.10 Å². The van der Waals surface area contributed by atoms with Crippen molar-refractivity contribution in [2.24, 2.45) is 5.73 Å². The molecule has 0 aromatic carbocycles. The fourth-order valence-electron chi connectivity index (χ4n) is 3.43. The summed E-state index contributed by atoms with van der Waals surface area (Å²) < 4.78 is 5.60. The second-order valence-electron chi connectivity index (χ2n) is 6.48. The van der Waals surface area contributed by atoms with E-state index in [1.165, 1.54) is 32.1 Å². The molecule has 1 amide bonds. The van der Waals surface area contributed by atoms with Gasteiger partial charge in [-0.15, -0.1) is 24.8 Å². The van der Waals surface area contributed by atoms with E-state index in [-0.39, 0.29) is 42.9 Å². The third kappa shape index (κ3) is 7.57. The van der Waals surface area contributed by atoms with Gasteiger partial charge in [0.05, 0.1) is 6.10 Å². The van der Waals surface area contributed by atoms with Crippen molar-refractivity contribution in [2.75, 3.05) is 26.7 Å². The van der Waals surface area contributed by atoms with Gasteiger partial charge in [-0.2, -0.15) is 0 Å².